The minimum Gasteiger partial charge on any atom is -0.496 e. The first kappa shape index (κ1) is 18.3. The van der Waals surface area contributed by atoms with Crippen molar-refractivity contribution in [3.05, 3.63) is 59.7 Å². The minimum atomic E-state index is -0.0825. The van der Waals surface area contributed by atoms with Crippen LogP contribution in [-0.4, -0.2) is 57.2 Å². The maximum atomic E-state index is 12.3. The molecule has 1 amide bonds. The van der Waals surface area contributed by atoms with Crippen LogP contribution < -0.4 is 15.0 Å². The lowest BCUT2D eigenvalue weighted by Gasteiger charge is -2.36. The highest BCUT2D eigenvalue weighted by Gasteiger charge is 2.17. The summed E-state index contributed by atoms with van der Waals surface area (Å²) in [7, 11) is 1.58. The minimum absolute atomic E-state index is 0.0825. The number of piperazine rings is 1. The van der Waals surface area contributed by atoms with Crippen LogP contribution in [0.1, 0.15) is 15.9 Å². The Morgan fingerprint density at radius 3 is 2.58 bits per heavy atom. The molecule has 26 heavy (non-hydrogen) atoms. The molecule has 2 aromatic rings. The summed E-state index contributed by atoms with van der Waals surface area (Å²) in [4.78, 5) is 17.1. The van der Waals surface area contributed by atoms with Gasteiger partial charge in [0, 0.05) is 45.0 Å². The Morgan fingerprint density at radius 2 is 1.85 bits per heavy atom. The predicted octanol–water partition coefficient (Wildman–Crippen LogP) is 2.56. The highest BCUT2D eigenvalue weighted by Crippen LogP contribution is 2.18. The van der Waals surface area contributed by atoms with Crippen molar-refractivity contribution < 1.29 is 9.53 Å². The van der Waals surface area contributed by atoms with Crippen molar-refractivity contribution >= 4 is 11.6 Å². The van der Waals surface area contributed by atoms with Gasteiger partial charge in [0.1, 0.15) is 5.75 Å². The number of nitrogens with zero attached hydrogens (tertiary/aromatic N) is 2. The standard InChI is InChI=1S/C21H27N3O2/c1-17-6-5-7-18(16-17)24-14-12-23(13-15-24)11-10-22-21(25)19-8-3-4-9-20(19)26-2/h3-9,16H,10-15H2,1-2H3,(H,22,25). The van der Waals surface area contributed by atoms with Crippen molar-refractivity contribution in [2.75, 3.05) is 51.3 Å². The van der Waals surface area contributed by atoms with Crippen LogP contribution in [0.2, 0.25) is 0 Å². The molecule has 1 fully saturated rings. The van der Waals surface area contributed by atoms with Gasteiger partial charge in [0.25, 0.3) is 5.91 Å². The molecule has 1 heterocycles. The van der Waals surface area contributed by atoms with E-state index in [1.54, 1.807) is 19.2 Å². The molecule has 0 radical (unpaired) electrons. The fraction of sp³-hybridized carbons (Fsp3) is 0.381. The summed E-state index contributed by atoms with van der Waals surface area (Å²) in [5, 5.41) is 3.00. The number of carbonyl (C=O) groups is 1. The molecule has 5 nitrogen and oxygen atoms in total. The normalized spacial score (nSPS) is 14.9. The number of methoxy groups -OCH3 is 1. The number of anilines is 1. The summed E-state index contributed by atoms with van der Waals surface area (Å²) in [6.45, 7) is 7.69. The summed E-state index contributed by atoms with van der Waals surface area (Å²) in [6.07, 6.45) is 0. The van der Waals surface area contributed by atoms with Crippen molar-refractivity contribution in [2.45, 2.75) is 6.92 Å². The van der Waals surface area contributed by atoms with E-state index >= 15 is 0 Å². The van der Waals surface area contributed by atoms with Crippen LogP contribution in [0.15, 0.2) is 48.5 Å². The topological polar surface area (TPSA) is 44.8 Å². The fourth-order valence-electron chi connectivity index (χ4n) is 3.31. The number of carbonyl (C=O) groups excluding carboxylic acids is 1. The van der Waals surface area contributed by atoms with E-state index < -0.39 is 0 Å². The molecule has 5 heteroatoms. The third-order valence-corrected chi connectivity index (χ3v) is 4.80. The number of rotatable bonds is 6. The molecule has 3 rings (SSSR count). The second kappa shape index (κ2) is 8.72. The molecule has 138 valence electrons. The molecule has 1 saturated heterocycles. The molecule has 1 aliphatic rings. The number of amides is 1. The highest BCUT2D eigenvalue weighted by atomic mass is 16.5. The predicted molar refractivity (Wildman–Crippen MR) is 105 cm³/mol. The molecule has 0 atom stereocenters. The van der Waals surface area contributed by atoms with E-state index in [4.69, 9.17) is 4.74 Å². The van der Waals surface area contributed by atoms with Gasteiger partial charge in [0.05, 0.1) is 12.7 Å². The van der Waals surface area contributed by atoms with Gasteiger partial charge in [-0.3, -0.25) is 9.69 Å². The summed E-state index contributed by atoms with van der Waals surface area (Å²) in [6, 6.07) is 16.0. The van der Waals surface area contributed by atoms with E-state index in [-0.39, 0.29) is 5.91 Å². The quantitative estimate of drug-likeness (QED) is 0.867. The maximum Gasteiger partial charge on any atom is 0.255 e. The zero-order valence-corrected chi connectivity index (χ0v) is 15.6. The van der Waals surface area contributed by atoms with Gasteiger partial charge in [-0.15, -0.1) is 0 Å². The average Bonchev–Trinajstić information content (AvgIpc) is 2.68. The number of benzene rings is 2. The van der Waals surface area contributed by atoms with Crippen LogP contribution in [0.25, 0.3) is 0 Å². The number of nitrogens with one attached hydrogen (secondary N) is 1. The molecular formula is C21H27N3O2. The van der Waals surface area contributed by atoms with Gasteiger partial charge >= 0.3 is 0 Å². The molecular weight excluding hydrogens is 326 g/mol. The van der Waals surface area contributed by atoms with E-state index in [1.807, 2.05) is 12.1 Å². The first-order valence-corrected chi connectivity index (χ1v) is 9.12. The molecule has 2 aromatic carbocycles. The molecule has 0 aromatic heterocycles. The Balaban J connectivity index is 1.43. The molecule has 0 spiro atoms. The SMILES string of the molecule is COc1ccccc1C(=O)NCCN1CCN(c2cccc(C)c2)CC1. The Labute approximate surface area is 155 Å². The lowest BCUT2D eigenvalue weighted by molar-refractivity contribution is 0.0945. The van der Waals surface area contributed by atoms with Crippen molar-refractivity contribution in [1.29, 1.82) is 0 Å². The fourth-order valence-corrected chi connectivity index (χ4v) is 3.31. The zero-order valence-electron chi connectivity index (χ0n) is 15.6. The maximum absolute atomic E-state index is 12.3. The van der Waals surface area contributed by atoms with Crippen molar-refractivity contribution in [3.8, 4) is 5.75 Å². The van der Waals surface area contributed by atoms with Gasteiger partial charge in [0.2, 0.25) is 0 Å². The lowest BCUT2D eigenvalue weighted by Crippen LogP contribution is -2.48. The number of para-hydroxylation sites is 1. The summed E-state index contributed by atoms with van der Waals surface area (Å²) < 4.78 is 5.25. The average molecular weight is 353 g/mol. The molecule has 1 N–H and O–H groups in total. The Morgan fingerprint density at radius 1 is 1.08 bits per heavy atom. The smallest absolute Gasteiger partial charge is 0.255 e. The van der Waals surface area contributed by atoms with E-state index in [0.717, 1.165) is 32.7 Å². The molecule has 0 aliphatic carbocycles. The molecule has 0 saturated carbocycles. The Hall–Kier alpha value is -2.53. The summed E-state index contributed by atoms with van der Waals surface area (Å²) in [5.41, 5.74) is 3.18. The van der Waals surface area contributed by atoms with Gasteiger partial charge in [-0.2, -0.15) is 0 Å². The van der Waals surface area contributed by atoms with E-state index in [2.05, 4.69) is 46.3 Å². The van der Waals surface area contributed by atoms with Gasteiger partial charge in [0.15, 0.2) is 0 Å². The van der Waals surface area contributed by atoms with Gasteiger partial charge < -0.3 is 15.0 Å². The van der Waals surface area contributed by atoms with E-state index in [1.165, 1.54) is 11.3 Å². The van der Waals surface area contributed by atoms with Crippen LogP contribution in [0, 0.1) is 6.92 Å². The molecule has 0 bridgehead atoms. The lowest BCUT2D eigenvalue weighted by atomic mass is 10.2. The van der Waals surface area contributed by atoms with Crippen LogP contribution in [-0.2, 0) is 0 Å². The largest absolute Gasteiger partial charge is 0.496 e. The molecule has 1 aliphatic heterocycles. The van der Waals surface area contributed by atoms with Gasteiger partial charge in [-0.1, -0.05) is 24.3 Å². The summed E-state index contributed by atoms with van der Waals surface area (Å²) >= 11 is 0. The van der Waals surface area contributed by atoms with Crippen molar-refractivity contribution in [1.82, 2.24) is 10.2 Å². The first-order chi connectivity index (χ1) is 12.7. The second-order valence-electron chi connectivity index (χ2n) is 6.62. The number of aryl methyl sites for hydroxylation is 1. The van der Waals surface area contributed by atoms with Gasteiger partial charge in [-0.05, 0) is 36.8 Å². The number of hydrogen-bond acceptors (Lipinski definition) is 4. The van der Waals surface area contributed by atoms with Crippen molar-refractivity contribution in [3.63, 3.8) is 0 Å². The third-order valence-electron chi connectivity index (χ3n) is 4.80. The Kier molecular flexibility index (Phi) is 6.12. The zero-order chi connectivity index (χ0) is 18.4. The van der Waals surface area contributed by atoms with Crippen LogP contribution in [0.3, 0.4) is 0 Å². The van der Waals surface area contributed by atoms with Crippen LogP contribution in [0.5, 0.6) is 5.75 Å². The van der Waals surface area contributed by atoms with Gasteiger partial charge in [-0.25, -0.2) is 0 Å². The third kappa shape index (κ3) is 4.55. The van der Waals surface area contributed by atoms with Crippen LogP contribution >= 0.6 is 0 Å². The second-order valence-corrected chi connectivity index (χ2v) is 6.62. The highest BCUT2D eigenvalue weighted by molar-refractivity contribution is 5.96. The van der Waals surface area contributed by atoms with E-state index in [0.29, 0.717) is 17.9 Å². The van der Waals surface area contributed by atoms with E-state index in [9.17, 15) is 4.79 Å². The Bertz CT molecular complexity index is 740. The summed E-state index contributed by atoms with van der Waals surface area (Å²) in [5.74, 6) is 0.526. The van der Waals surface area contributed by atoms with Crippen molar-refractivity contribution in [2.24, 2.45) is 0 Å². The molecule has 0 unspecified atom stereocenters. The monoisotopic (exact) mass is 353 g/mol. The first-order valence-electron chi connectivity index (χ1n) is 9.12. The number of hydrogen-bond donors (Lipinski definition) is 1. The number of ether oxygens (including phenoxy) is 1. The van der Waals surface area contributed by atoms with Crippen LogP contribution in [0.4, 0.5) is 5.69 Å².